The van der Waals surface area contributed by atoms with Gasteiger partial charge in [-0.15, -0.1) is 11.3 Å². The summed E-state index contributed by atoms with van der Waals surface area (Å²) in [5, 5.41) is 10.3. The van der Waals surface area contributed by atoms with Crippen molar-refractivity contribution in [2.24, 2.45) is 5.84 Å². The van der Waals surface area contributed by atoms with Gasteiger partial charge in [0.25, 0.3) is 0 Å². The Hall–Kier alpha value is -0.300. The first-order valence-electron chi connectivity index (χ1n) is 4.34. The van der Waals surface area contributed by atoms with Crippen LogP contribution >= 0.6 is 23.1 Å². The van der Waals surface area contributed by atoms with Crippen LogP contribution in [0.5, 0.6) is 0 Å². The van der Waals surface area contributed by atoms with Crippen LogP contribution < -0.4 is 11.3 Å². The van der Waals surface area contributed by atoms with E-state index in [1.54, 1.807) is 18.7 Å². The minimum atomic E-state index is -0.278. The molecule has 4 N–H and O–H groups in total. The van der Waals surface area contributed by atoms with Gasteiger partial charge in [-0.05, 0) is 6.92 Å². The summed E-state index contributed by atoms with van der Waals surface area (Å²) in [6.07, 6.45) is 1.53. The van der Waals surface area contributed by atoms with Gasteiger partial charge >= 0.3 is 0 Å². The molecule has 0 aliphatic heterocycles. The van der Waals surface area contributed by atoms with E-state index >= 15 is 0 Å². The molecule has 2 atom stereocenters. The summed E-state index contributed by atoms with van der Waals surface area (Å²) in [5.41, 5.74) is 2.51. The molecule has 1 aromatic heterocycles. The second-order valence-electron chi connectivity index (χ2n) is 3.03. The third-order valence-corrected chi connectivity index (χ3v) is 4.35. The van der Waals surface area contributed by atoms with Crippen LogP contribution in [-0.2, 0) is 5.75 Å². The normalized spacial score (nSPS) is 15.1. The number of aliphatic hydroxyl groups excluding tert-OH is 1. The second kappa shape index (κ2) is 5.55. The molecule has 0 amide bonds. The molecule has 2 unspecified atom stereocenters. The predicted molar refractivity (Wildman–Crippen MR) is 62.4 cm³/mol. The standard InChI is InChI=1S/C8H15N3OS2/c1-5(12)6(2)13-4-7-3-10-8(11-9)14-7/h3,5-6,12H,4,9H2,1-2H3,(H,10,11). The highest BCUT2D eigenvalue weighted by Crippen LogP contribution is 2.25. The van der Waals surface area contributed by atoms with E-state index in [0.717, 1.165) is 15.8 Å². The Kier molecular flexibility index (Phi) is 4.67. The molecule has 0 bridgehead atoms. The molecule has 0 aromatic carbocycles. The number of aliphatic hydroxyl groups is 1. The van der Waals surface area contributed by atoms with Crippen LogP contribution in [0.3, 0.4) is 0 Å². The van der Waals surface area contributed by atoms with Crippen molar-refractivity contribution in [1.29, 1.82) is 0 Å². The fourth-order valence-electron chi connectivity index (χ4n) is 0.794. The van der Waals surface area contributed by atoms with Crippen molar-refractivity contribution in [1.82, 2.24) is 4.98 Å². The molecule has 4 nitrogen and oxygen atoms in total. The number of nitrogen functional groups attached to an aromatic ring is 1. The third-order valence-electron chi connectivity index (χ3n) is 1.84. The Bertz CT molecular complexity index is 277. The van der Waals surface area contributed by atoms with Gasteiger partial charge in [-0.1, -0.05) is 6.92 Å². The number of rotatable bonds is 5. The molecule has 0 aliphatic carbocycles. The van der Waals surface area contributed by atoms with Gasteiger partial charge in [0.15, 0.2) is 5.13 Å². The highest BCUT2D eigenvalue weighted by molar-refractivity contribution is 7.99. The molecule has 0 aliphatic rings. The van der Waals surface area contributed by atoms with Crippen molar-refractivity contribution in [2.75, 3.05) is 5.43 Å². The number of nitrogens with one attached hydrogen (secondary N) is 1. The van der Waals surface area contributed by atoms with Gasteiger partial charge in [-0.25, -0.2) is 10.8 Å². The Morgan fingerprint density at radius 2 is 2.43 bits per heavy atom. The summed E-state index contributed by atoms with van der Waals surface area (Å²) in [6, 6.07) is 0. The van der Waals surface area contributed by atoms with Crippen LogP contribution in [0.1, 0.15) is 18.7 Å². The largest absolute Gasteiger partial charge is 0.392 e. The van der Waals surface area contributed by atoms with Crippen molar-refractivity contribution in [3.8, 4) is 0 Å². The molecule has 14 heavy (non-hydrogen) atoms. The SMILES string of the molecule is CC(O)C(C)SCc1cnc(NN)s1. The molecule has 6 heteroatoms. The maximum absolute atomic E-state index is 9.28. The lowest BCUT2D eigenvalue weighted by Gasteiger charge is -2.12. The van der Waals surface area contributed by atoms with Crippen LogP contribution in [0.2, 0.25) is 0 Å². The van der Waals surface area contributed by atoms with E-state index in [4.69, 9.17) is 5.84 Å². The number of thiazole rings is 1. The average molecular weight is 233 g/mol. The molecule has 1 aromatic rings. The van der Waals surface area contributed by atoms with Crippen molar-refractivity contribution in [3.05, 3.63) is 11.1 Å². The summed E-state index contributed by atoms with van der Waals surface area (Å²) in [7, 11) is 0. The van der Waals surface area contributed by atoms with Gasteiger partial charge in [0.2, 0.25) is 0 Å². The molecular weight excluding hydrogens is 218 g/mol. The minimum Gasteiger partial charge on any atom is -0.392 e. The zero-order valence-electron chi connectivity index (χ0n) is 8.23. The lowest BCUT2D eigenvalue weighted by Crippen LogP contribution is -2.15. The summed E-state index contributed by atoms with van der Waals surface area (Å²) in [5.74, 6) is 6.08. The van der Waals surface area contributed by atoms with Crippen molar-refractivity contribution in [2.45, 2.75) is 31.0 Å². The van der Waals surface area contributed by atoms with Gasteiger partial charge in [-0.2, -0.15) is 11.8 Å². The summed E-state index contributed by atoms with van der Waals surface area (Å²) in [4.78, 5) is 5.23. The molecule has 0 saturated heterocycles. The van der Waals surface area contributed by atoms with E-state index in [9.17, 15) is 5.11 Å². The van der Waals surface area contributed by atoms with Crippen LogP contribution in [0.15, 0.2) is 6.20 Å². The van der Waals surface area contributed by atoms with Crippen molar-refractivity contribution >= 4 is 28.2 Å². The molecule has 0 saturated carbocycles. The fourth-order valence-corrected chi connectivity index (χ4v) is 2.53. The Balaban J connectivity index is 2.37. The topological polar surface area (TPSA) is 71.2 Å². The molecule has 1 heterocycles. The summed E-state index contributed by atoms with van der Waals surface area (Å²) < 4.78 is 0. The number of thioether (sulfide) groups is 1. The first-order valence-corrected chi connectivity index (χ1v) is 6.21. The molecule has 0 spiro atoms. The van der Waals surface area contributed by atoms with Gasteiger partial charge in [0.05, 0.1) is 6.10 Å². The minimum absolute atomic E-state index is 0.242. The maximum Gasteiger partial charge on any atom is 0.197 e. The highest BCUT2D eigenvalue weighted by Gasteiger charge is 2.10. The lowest BCUT2D eigenvalue weighted by molar-refractivity contribution is 0.196. The number of hydrazine groups is 1. The monoisotopic (exact) mass is 233 g/mol. The van der Waals surface area contributed by atoms with Crippen LogP contribution in [0.4, 0.5) is 5.13 Å². The van der Waals surface area contributed by atoms with Gasteiger partial charge in [0.1, 0.15) is 0 Å². The highest BCUT2D eigenvalue weighted by atomic mass is 32.2. The zero-order chi connectivity index (χ0) is 10.6. The maximum atomic E-state index is 9.28. The van der Waals surface area contributed by atoms with Gasteiger partial charge < -0.3 is 5.11 Å². The Labute approximate surface area is 91.9 Å². The second-order valence-corrected chi connectivity index (χ2v) is 5.51. The summed E-state index contributed by atoms with van der Waals surface area (Å²) >= 11 is 3.25. The summed E-state index contributed by atoms with van der Waals surface area (Å²) in [6.45, 7) is 3.82. The smallest absolute Gasteiger partial charge is 0.197 e. The molecule has 1 rings (SSSR count). The van der Waals surface area contributed by atoms with E-state index in [2.05, 4.69) is 10.4 Å². The Morgan fingerprint density at radius 3 is 2.93 bits per heavy atom. The molecular formula is C8H15N3OS2. The van der Waals surface area contributed by atoms with E-state index in [-0.39, 0.29) is 11.4 Å². The van der Waals surface area contributed by atoms with Gasteiger partial charge in [0, 0.05) is 22.1 Å². The number of nitrogens with two attached hydrogens (primary N) is 1. The van der Waals surface area contributed by atoms with Crippen LogP contribution in [0.25, 0.3) is 0 Å². The van der Waals surface area contributed by atoms with Crippen LogP contribution in [0, 0.1) is 0 Å². The lowest BCUT2D eigenvalue weighted by atomic mass is 10.3. The Morgan fingerprint density at radius 1 is 1.71 bits per heavy atom. The first-order chi connectivity index (χ1) is 6.63. The number of aromatic nitrogens is 1. The number of hydrogen-bond acceptors (Lipinski definition) is 6. The fraction of sp³-hybridized carbons (Fsp3) is 0.625. The van der Waals surface area contributed by atoms with Crippen molar-refractivity contribution in [3.63, 3.8) is 0 Å². The molecule has 80 valence electrons. The van der Waals surface area contributed by atoms with E-state index < -0.39 is 0 Å². The van der Waals surface area contributed by atoms with Crippen LogP contribution in [-0.4, -0.2) is 21.4 Å². The van der Waals surface area contributed by atoms with E-state index in [1.807, 2.05) is 13.1 Å². The van der Waals surface area contributed by atoms with Gasteiger partial charge in [-0.3, -0.25) is 5.43 Å². The van der Waals surface area contributed by atoms with E-state index in [0.29, 0.717) is 0 Å². The molecule has 0 radical (unpaired) electrons. The predicted octanol–water partition coefficient (Wildman–Crippen LogP) is 1.43. The third kappa shape index (κ3) is 3.45. The quantitative estimate of drug-likeness (QED) is 0.530. The average Bonchev–Trinajstić information content (AvgIpc) is 2.61. The number of nitrogens with zero attached hydrogens (tertiary/aromatic N) is 1. The first kappa shape index (κ1) is 11.8. The number of anilines is 1. The number of hydrogen-bond donors (Lipinski definition) is 3. The van der Waals surface area contributed by atoms with E-state index in [1.165, 1.54) is 11.3 Å². The van der Waals surface area contributed by atoms with Crippen molar-refractivity contribution < 1.29 is 5.11 Å². The zero-order valence-corrected chi connectivity index (χ0v) is 9.86. The molecule has 0 fully saturated rings.